The minimum Gasteiger partial charge on any atom is -0.494 e. The van der Waals surface area contributed by atoms with E-state index in [-0.39, 0.29) is 21.2 Å². The minimum atomic E-state index is -0.669. The Hall–Kier alpha value is -3.45. The number of nitrogens with zero attached hydrogens (tertiary/aromatic N) is 4. The van der Waals surface area contributed by atoms with Gasteiger partial charge in [-0.15, -0.1) is 16.4 Å². The number of carbonyl (C=O) groups excluding carboxylic acids is 3. The van der Waals surface area contributed by atoms with Gasteiger partial charge in [0.2, 0.25) is 11.1 Å². The van der Waals surface area contributed by atoms with Gasteiger partial charge in [0.05, 0.1) is 32.6 Å². The Bertz CT molecular complexity index is 1160. The molecular weight excluding hydrogens is 458 g/mol. The number of nitrogens with one attached hydrogen (secondary N) is 1. The van der Waals surface area contributed by atoms with Crippen LogP contribution in [0.2, 0.25) is 0 Å². The molecule has 0 radical (unpaired) electrons. The van der Waals surface area contributed by atoms with Crippen LogP contribution in [0.1, 0.15) is 25.6 Å². The summed E-state index contributed by atoms with van der Waals surface area (Å²) in [6, 6.07) is 7.18. The summed E-state index contributed by atoms with van der Waals surface area (Å²) in [5.74, 6) is -1.19. The molecular formula is C19H19N5O6S2. The van der Waals surface area contributed by atoms with Crippen molar-refractivity contribution >= 4 is 45.9 Å². The number of anilines is 1. The molecule has 3 aromatic rings. The lowest BCUT2D eigenvalue weighted by molar-refractivity contribution is -0.113. The van der Waals surface area contributed by atoms with Gasteiger partial charge < -0.3 is 19.5 Å². The third kappa shape index (κ3) is 4.73. The summed E-state index contributed by atoms with van der Waals surface area (Å²) in [4.78, 5) is 37.0. The number of tetrazole rings is 1. The van der Waals surface area contributed by atoms with Crippen LogP contribution in [0.3, 0.4) is 0 Å². The first-order valence-corrected chi connectivity index (χ1v) is 10.9. The number of hydrogen-bond donors (Lipinski definition) is 1. The van der Waals surface area contributed by atoms with Gasteiger partial charge in [-0.1, -0.05) is 23.9 Å². The fourth-order valence-electron chi connectivity index (χ4n) is 2.75. The number of aromatic nitrogens is 4. The van der Waals surface area contributed by atoms with Gasteiger partial charge in [0.25, 0.3) is 0 Å². The van der Waals surface area contributed by atoms with Crippen molar-refractivity contribution in [2.45, 2.75) is 12.1 Å². The highest BCUT2D eigenvalue weighted by atomic mass is 32.2. The number of thioether (sulfide) groups is 1. The molecule has 0 aliphatic heterocycles. The summed E-state index contributed by atoms with van der Waals surface area (Å²) >= 11 is 2.03. The minimum absolute atomic E-state index is 0.0549. The number of benzene rings is 1. The van der Waals surface area contributed by atoms with Crippen LogP contribution in [0.4, 0.5) is 5.00 Å². The normalized spacial score (nSPS) is 10.5. The van der Waals surface area contributed by atoms with E-state index in [0.717, 1.165) is 23.1 Å². The molecule has 3 rings (SSSR count). The fraction of sp³-hybridized carbons (Fsp3) is 0.263. The molecule has 13 heteroatoms. The van der Waals surface area contributed by atoms with Crippen LogP contribution < -0.4 is 10.1 Å². The van der Waals surface area contributed by atoms with E-state index >= 15 is 0 Å². The van der Waals surface area contributed by atoms with Crippen molar-refractivity contribution in [2.75, 3.05) is 32.4 Å². The molecule has 0 fully saturated rings. The molecule has 1 N–H and O–H groups in total. The van der Waals surface area contributed by atoms with E-state index in [2.05, 4.69) is 20.8 Å². The van der Waals surface area contributed by atoms with Crippen molar-refractivity contribution in [2.24, 2.45) is 0 Å². The Labute approximate surface area is 191 Å². The van der Waals surface area contributed by atoms with Crippen molar-refractivity contribution in [3.8, 4) is 11.4 Å². The predicted octanol–water partition coefficient (Wildman–Crippen LogP) is 2.34. The highest BCUT2D eigenvalue weighted by Crippen LogP contribution is 2.34. The van der Waals surface area contributed by atoms with Gasteiger partial charge in [-0.2, -0.15) is 4.68 Å². The smallest absolute Gasteiger partial charge is 0.348 e. The van der Waals surface area contributed by atoms with Gasteiger partial charge in [-0.3, -0.25) is 4.79 Å². The van der Waals surface area contributed by atoms with Crippen molar-refractivity contribution in [1.82, 2.24) is 20.2 Å². The number of esters is 2. The lowest BCUT2D eigenvalue weighted by Gasteiger charge is -2.09. The average molecular weight is 478 g/mol. The molecule has 0 aliphatic rings. The summed E-state index contributed by atoms with van der Waals surface area (Å²) in [6.45, 7) is 1.58. The highest BCUT2D eigenvalue weighted by Gasteiger charge is 2.27. The SMILES string of the molecule is COC(=O)c1sc(NC(=O)CSc2nnnn2-c2ccccc2OC)c(C(=O)OC)c1C. The van der Waals surface area contributed by atoms with Crippen LogP contribution in [0.5, 0.6) is 5.75 Å². The average Bonchev–Trinajstić information content (AvgIpc) is 3.40. The zero-order chi connectivity index (χ0) is 23.3. The zero-order valence-electron chi connectivity index (χ0n) is 17.6. The van der Waals surface area contributed by atoms with Crippen molar-refractivity contribution in [3.63, 3.8) is 0 Å². The number of thiophene rings is 1. The summed E-state index contributed by atoms with van der Waals surface area (Å²) < 4.78 is 16.3. The maximum Gasteiger partial charge on any atom is 0.348 e. The second-order valence-corrected chi connectivity index (χ2v) is 8.09. The van der Waals surface area contributed by atoms with Crippen LogP contribution in [-0.4, -0.2) is 65.1 Å². The number of carbonyl (C=O) groups is 3. The topological polar surface area (TPSA) is 135 Å². The van der Waals surface area contributed by atoms with Gasteiger partial charge in [0, 0.05) is 0 Å². The summed E-state index contributed by atoms with van der Waals surface area (Å²) in [5.41, 5.74) is 1.10. The molecule has 1 amide bonds. The largest absolute Gasteiger partial charge is 0.494 e. The van der Waals surface area contributed by atoms with E-state index in [1.165, 1.54) is 26.0 Å². The summed E-state index contributed by atoms with van der Waals surface area (Å²) in [6.07, 6.45) is 0. The van der Waals surface area contributed by atoms with Crippen LogP contribution in [0.25, 0.3) is 5.69 Å². The van der Waals surface area contributed by atoms with Crippen LogP contribution in [0.15, 0.2) is 29.4 Å². The molecule has 2 heterocycles. The lowest BCUT2D eigenvalue weighted by atomic mass is 10.1. The third-order valence-corrected chi connectivity index (χ3v) is 6.35. The number of ether oxygens (including phenoxy) is 3. The van der Waals surface area contributed by atoms with E-state index in [9.17, 15) is 14.4 Å². The molecule has 0 spiro atoms. The fourth-order valence-corrected chi connectivity index (χ4v) is 4.57. The number of rotatable bonds is 8. The number of methoxy groups -OCH3 is 3. The van der Waals surface area contributed by atoms with Gasteiger partial charge in [-0.05, 0) is 35.0 Å². The van der Waals surface area contributed by atoms with Gasteiger partial charge in [-0.25, -0.2) is 9.59 Å². The molecule has 168 valence electrons. The standard InChI is InChI=1S/C19H19N5O6S2/c1-10-14(17(26)29-3)16(32-15(10)18(27)30-4)20-13(25)9-31-19-21-22-23-24(19)11-7-5-6-8-12(11)28-2/h5-8H,9H2,1-4H3,(H,20,25). The van der Waals surface area contributed by atoms with E-state index in [4.69, 9.17) is 14.2 Å². The maximum atomic E-state index is 12.6. The van der Waals surface area contributed by atoms with E-state index in [1.807, 2.05) is 12.1 Å². The molecule has 0 unspecified atom stereocenters. The molecule has 1 aromatic carbocycles. The molecule has 0 saturated carbocycles. The highest BCUT2D eigenvalue weighted by molar-refractivity contribution is 7.99. The Kier molecular flexibility index (Phi) is 7.43. The van der Waals surface area contributed by atoms with Gasteiger partial charge in [0.1, 0.15) is 21.3 Å². The first-order valence-electron chi connectivity index (χ1n) is 9.05. The van der Waals surface area contributed by atoms with Crippen LogP contribution in [0, 0.1) is 6.92 Å². The quantitative estimate of drug-likeness (QED) is 0.380. The first kappa shape index (κ1) is 23.2. The van der Waals surface area contributed by atoms with E-state index in [0.29, 0.717) is 22.2 Å². The monoisotopic (exact) mass is 477 g/mol. The summed E-state index contributed by atoms with van der Waals surface area (Å²) in [5, 5.41) is 14.8. The Morgan fingerprint density at radius 2 is 1.84 bits per heavy atom. The Morgan fingerprint density at radius 1 is 1.12 bits per heavy atom. The molecule has 0 aliphatic carbocycles. The first-order chi connectivity index (χ1) is 15.4. The van der Waals surface area contributed by atoms with Crippen molar-refractivity contribution in [3.05, 3.63) is 40.3 Å². The van der Waals surface area contributed by atoms with Gasteiger partial charge in [0.15, 0.2) is 0 Å². The molecule has 2 aromatic heterocycles. The second-order valence-electron chi connectivity index (χ2n) is 6.13. The predicted molar refractivity (Wildman–Crippen MR) is 117 cm³/mol. The summed E-state index contributed by atoms with van der Waals surface area (Å²) in [7, 11) is 3.99. The third-order valence-electron chi connectivity index (χ3n) is 4.25. The number of hydrogen-bond acceptors (Lipinski definition) is 11. The van der Waals surface area contributed by atoms with Gasteiger partial charge >= 0.3 is 11.9 Å². The molecule has 32 heavy (non-hydrogen) atoms. The second kappa shape index (κ2) is 10.2. The Morgan fingerprint density at radius 3 is 2.53 bits per heavy atom. The Balaban J connectivity index is 1.78. The van der Waals surface area contributed by atoms with Crippen molar-refractivity contribution in [1.29, 1.82) is 0 Å². The lowest BCUT2D eigenvalue weighted by Crippen LogP contribution is -2.16. The van der Waals surface area contributed by atoms with Crippen LogP contribution in [-0.2, 0) is 14.3 Å². The molecule has 0 bridgehead atoms. The van der Waals surface area contributed by atoms with E-state index < -0.39 is 17.8 Å². The number of para-hydroxylation sites is 2. The van der Waals surface area contributed by atoms with Crippen molar-refractivity contribution < 1.29 is 28.6 Å². The maximum absolute atomic E-state index is 12.6. The zero-order valence-corrected chi connectivity index (χ0v) is 19.2. The number of amides is 1. The molecule has 0 saturated heterocycles. The molecule has 0 atom stereocenters. The molecule has 11 nitrogen and oxygen atoms in total. The van der Waals surface area contributed by atoms with E-state index in [1.54, 1.807) is 19.1 Å². The van der Waals surface area contributed by atoms with Crippen LogP contribution >= 0.6 is 23.1 Å².